The summed E-state index contributed by atoms with van der Waals surface area (Å²) in [5.74, 6) is -0.117. The molecule has 0 amide bonds. The van der Waals surface area contributed by atoms with Crippen molar-refractivity contribution in [3.8, 4) is 5.75 Å². The average molecular weight is 164 g/mol. The molecule has 1 heterocycles. The second-order valence-corrected chi connectivity index (χ2v) is 2.86. The van der Waals surface area contributed by atoms with E-state index in [1.54, 1.807) is 12.1 Å². The van der Waals surface area contributed by atoms with Crippen LogP contribution in [0.4, 0.5) is 0 Å². The maximum absolute atomic E-state index is 10.9. The zero-order valence-electron chi connectivity index (χ0n) is 6.57. The SMILES string of the molecule is Cc1ccc2c(c1)[C@H](O)C(=O)O2. The Morgan fingerprint density at radius 1 is 1.50 bits per heavy atom. The van der Waals surface area contributed by atoms with Crippen molar-refractivity contribution in [3.05, 3.63) is 29.3 Å². The van der Waals surface area contributed by atoms with Gasteiger partial charge >= 0.3 is 5.97 Å². The predicted molar refractivity (Wildman–Crippen MR) is 41.8 cm³/mol. The van der Waals surface area contributed by atoms with E-state index in [9.17, 15) is 9.90 Å². The van der Waals surface area contributed by atoms with Gasteiger partial charge in [-0.3, -0.25) is 0 Å². The van der Waals surface area contributed by atoms with Crippen molar-refractivity contribution < 1.29 is 14.6 Å². The molecule has 1 aliphatic rings. The van der Waals surface area contributed by atoms with Gasteiger partial charge in [0.2, 0.25) is 0 Å². The maximum atomic E-state index is 10.9. The third kappa shape index (κ3) is 0.905. The number of aryl methyl sites for hydroxylation is 1. The number of hydrogen-bond acceptors (Lipinski definition) is 3. The summed E-state index contributed by atoms with van der Waals surface area (Å²) >= 11 is 0. The largest absolute Gasteiger partial charge is 0.424 e. The predicted octanol–water partition coefficient (Wildman–Crippen LogP) is 0.947. The maximum Gasteiger partial charge on any atom is 0.345 e. The fourth-order valence-electron chi connectivity index (χ4n) is 1.27. The Labute approximate surface area is 69.6 Å². The highest BCUT2D eigenvalue weighted by molar-refractivity contribution is 5.84. The summed E-state index contributed by atoms with van der Waals surface area (Å²) < 4.78 is 4.79. The van der Waals surface area contributed by atoms with E-state index in [4.69, 9.17) is 4.74 Å². The Balaban J connectivity index is 2.55. The van der Waals surface area contributed by atoms with Crippen LogP contribution in [0, 0.1) is 6.92 Å². The molecule has 1 aliphatic heterocycles. The number of hydrogen-bond donors (Lipinski definition) is 1. The van der Waals surface area contributed by atoms with Crippen molar-refractivity contribution in [3.63, 3.8) is 0 Å². The van der Waals surface area contributed by atoms with E-state index in [-0.39, 0.29) is 0 Å². The second kappa shape index (κ2) is 2.32. The lowest BCUT2D eigenvalue weighted by molar-refractivity contribution is -0.140. The molecule has 62 valence electrons. The van der Waals surface area contributed by atoms with Crippen molar-refractivity contribution in [2.45, 2.75) is 13.0 Å². The summed E-state index contributed by atoms with van der Waals surface area (Å²) in [6.07, 6.45) is -1.10. The van der Waals surface area contributed by atoms with E-state index < -0.39 is 12.1 Å². The summed E-state index contributed by atoms with van der Waals surface area (Å²) in [6.45, 7) is 1.90. The highest BCUT2D eigenvalue weighted by atomic mass is 16.6. The number of aliphatic hydroxyl groups is 1. The first kappa shape index (κ1) is 7.31. The fourth-order valence-corrected chi connectivity index (χ4v) is 1.27. The van der Waals surface area contributed by atoms with Gasteiger partial charge in [0, 0.05) is 5.56 Å². The number of carbonyl (C=O) groups is 1. The van der Waals surface area contributed by atoms with Crippen LogP contribution >= 0.6 is 0 Å². The van der Waals surface area contributed by atoms with Crippen LogP contribution in [-0.4, -0.2) is 11.1 Å². The molecule has 0 radical (unpaired) electrons. The van der Waals surface area contributed by atoms with Crippen molar-refractivity contribution in [2.24, 2.45) is 0 Å². The molecule has 1 atom stereocenters. The number of aliphatic hydroxyl groups excluding tert-OH is 1. The molecule has 0 fully saturated rings. The van der Waals surface area contributed by atoms with E-state index in [0.29, 0.717) is 11.3 Å². The zero-order chi connectivity index (χ0) is 8.72. The topological polar surface area (TPSA) is 46.5 Å². The molecular weight excluding hydrogens is 156 g/mol. The van der Waals surface area contributed by atoms with Crippen molar-refractivity contribution in [1.29, 1.82) is 0 Å². The molecule has 0 bridgehead atoms. The lowest BCUT2D eigenvalue weighted by Crippen LogP contribution is -2.08. The molecule has 0 spiro atoms. The number of benzene rings is 1. The third-order valence-electron chi connectivity index (χ3n) is 1.89. The van der Waals surface area contributed by atoms with Crippen LogP contribution in [0.3, 0.4) is 0 Å². The van der Waals surface area contributed by atoms with Gasteiger partial charge in [-0.15, -0.1) is 0 Å². The molecule has 3 heteroatoms. The van der Waals surface area contributed by atoms with E-state index in [2.05, 4.69) is 0 Å². The molecule has 0 aromatic heterocycles. The molecule has 1 aromatic carbocycles. The smallest absolute Gasteiger partial charge is 0.345 e. The van der Waals surface area contributed by atoms with Gasteiger partial charge in [-0.05, 0) is 19.1 Å². The van der Waals surface area contributed by atoms with Crippen LogP contribution in [0.25, 0.3) is 0 Å². The lowest BCUT2D eigenvalue weighted by Gasteiger charge is -1.98. The Kier molecular flexibility index (Phi) is 1.41. The Bertz CT molecular complexity index is 344. The molecule has 2 rings (SSSR count). The highest BCUT2D eigenvalue weighted by Crippen LogP contribution is 2.33. The number of esters is 1. The third-order valence-corrected chi connectivity index (χ3v) is 1.89. The average Bonchev–Trinajstić information content (AvgIpc) is 2.31. The van der Waals surface area contributed by atoms with Gasteiger partial charge in [0.15, 0.2) is 6.10 Å². The van der Waals surface area contributed by atoms with Gasteiger partial charge in [0.05, 0.1) is 0 Å². The van der Waals surface area contributed by atoms with Gasteiger partial charge in [-0.1, -0.05) is 11.6 Å². The Morgan fingerprint density at radius 3 is 3.00 bits per heavy atom. The van der Waals surface area contributed by atoms with Crippen LogP contribution in [0.2, 0.25) is 0 Å². The molecule has 0 unspecified atom stereocenters. The summed E-state index contributed by atoms with van der Waals surface area (Å²) in [7, 11) is 0. The highest BCUT2D eigenvalue weighted by Gasteiger charge is 2.30. The van der Waals surface area contributed by atoms with E-state index in [1.807, 2.05) is 13.0 Å². The van der Waals surface area contributed by atoms with E-state index in [0.717, 1.165) is 5.56 Å². The number of fused-ring (bicyclic) bond motifs is 1. The van der Waals surface area contributed by atoms with Gasteiger partial charge in [0.25, 0.3) is 0 Å². The van der Waals surface area contributed by atoms with Crippen molar-refractivity contribution in [2.75, 3.05) is 0 Å². The van der Waals surface area contributed by atoms with Crippen LogP contribution in [0.5, 0.6) is 5.75 Å². The molecule has 0 aliphatic carbocycles. The van der Waals surface area contributed by atoms with Crippen molar-refractivity contribution in [1.82, 2.24) is 0 Å². The standard InChI is InChI=1S/C9H8O3/c1-5-2-3-7-6(4-5)8(10)9(11)12-7/h2-4,8,10H,1H3/t8-/m0/s1. The fraction of sp³-hybridized carbons (Fsp3) is 0.222. The van der Waals surface area contributed by atoms with E-state index in [1.165, 1.54) is 0 Å². The monoisotopic (exact) mass is 164 g/mol. The van der Waals surface area contributed by atoms with Crippen LogP contribution in [0.1, 0.15) is 17.2 Å². The Morgan fingerprint density at radius 2 is 2.25 bits per heavy atom. The number of ether oxygens (including phenoxy) is 1. The van der Waals surface area contributed by atoms with Gasteiger partial charge < -0.3 is 9.84 Å². The molecule has 0 saturated carbocycles. The van der Waals surface area contributed by atoms with E-state index >= 15 is 0 Å². The van der Waals surface area contributed by atoms with Gasteiger partial charge in [-0.2, -0.15) is 0 Å². The van der Waals surface area contributed by atoms with Crippen LogP contribution in [-0.2, 0) is 4.79 Å². The molecular formula is C9H8O3. The van der Waals surface area contributed by atoms with Crippen LogP contribution < -0.4 is 4.74 Å². The molecule has 1 N–H and O–H groups in total. The normalized spacial score (nSPS) is 20.5. The molecule has 0 saturated heterocycles. The van der Waals surface area contributed by atoms with Crippen LogP contribution in [0.15, 0.2) is 18.2 Å². The quantitative estimate of drug-likeness (QED) is 0.458. The minimum Gasteiger partial charge on any atom is -0.424 e. The molecule has 1 aromatic rings. The Hall–Kier alpha value is -1.35. The number of carbonyl (C=O) groups excluding carboxylic acids is 1. The first-order valence-electron chi connectivity index (χ1n) is 3.69. The summed E-state index contributed by atoms with van der Waals surface area (Å²) in [4.78, 5) is 10.9. The van der Waals surface area contributed by atoms with Gasteiger partial charge in [0.1, 0.15) is 5.75 Å². The summed E-state index contributed by atoms with van der Waals surface area (Å²) in [5.41, 5.74) is 1.58. The second-order valence-electron chi connectivity index (χ2n) is 2.86. The lowest BCUT2D eigenvalue weighted by atomic mass is 10.1. The minimum absolute atomic E-state index is 0.470. The molecule has 3 nitrogen and oxygen atoms in total. The van der Waals surface area contributed by atoms with Crippen molar-refractivity contribution >= 4 is 5.97 Å². The first-order valence-corrected chi connectivity index (χ1v) is 3.69. The minimum atomic E-state index is -1.10. The number of rotatable bonds is 0. The van der Waals surface area contributed by atoms with Gasteiger partial charge in [-0.25, -0.2) is 4.79 Å². The summed E-state index contributed by atoms with van der Waals surface area (Å²) in [5, 5.41) is 9.30. The first-order chi connectivity index (χ1) is 5.68. The zero-order valence-corrected chi connectivity index (χ0v) is 6.57. The molecule has 12 heavy (non-hydrogen) atoms. The summed E-state index contributed by atoms with van der Waals surface area (Å²) in [6, 6.07) is 5.29.